The molecule has 0 aromatic heterocycles. The SMILES string of the molecule is CCOC(C=O)CC1CC2(CCN1C(=O)OC(C)(C)C)OCCO2. The third-order valence-electron chi connectivity index (χ3n) is 4.20. The normalized spacial score (nSPS) is 24.8. The molecule has 2 aliphatic heterocycles. The second kappa shape index (κ2) is 7.80. The van der Waals surface area contributed by atoms with Crippen molar-refractivity contribution in [2.75, 3.05) is 26.4 Å². The lowest BCUT2D eigenvalue weighted by Crippen LogP contribution is -2.55. The van der Waals surface area contributed by atoms with Crippen LogP contribution in [0.25, 0.3) is 0 Å². The molecule has 0 radical (unpaired) electrons. The van der Waals surface area contributed by atoms with E-state index in [2.05, 4.69) is 0 Å². The van der Waals surface area contributed by atoms with E-state index in [1.165, 1.54) is 0 Å². The Balaban J connectivity index is 2.11. The maximum absolute atomic E-state index is 12.5. The van der Waals surface area contributed by atoms with Gasteiger partial charge in [-0.25, -0.2) is 4.79 Å². The highest BCUT2D eigenvalue weighted by Crippen LogP contribution is 2.36. The highest BCUT2D eigenvalue weighted by Gasteiger charge is 2.46. The second-order valence-corrected chi connectivity index (χ2v) is 7.25. The molecule has 2 atom stereocenters. The summed E-state index contributed by atoms with van der Waals surface area (Å²) in [4.78, 5) is 25.5. The summed E-state index contributed by atoms with van der Waals surface area (Å²) in [5.41, 5.74) is -0.568. The van der Waals surface area contributed by atoms with Gasteiger partial charge in [-0.2, -0.15) is 0 Å². The fourth-order valence-electron chi connectivity index (χ4n) is 3.22. The van der Waals surface area contributed by atoms with Gasteiger partial charge < -0.3 is 28.6 Å². The first-order valence-corrected chi connectivity index (χ1v) is 8.63. The van der Waals surface area contributed by atoms with Gasteiger partial charge >= 0.3 is 6.09 Å². The van der Waals surface area contributed by atoms with Gasteiger partial charge in [0.05, 0.1) is 13.2 Å². The van der Waals surface area contributed by atoms with Crippen molar-refractivity contribution in [1.29, 1.82) is 0 Å². The fraction of sp³-hybridized carbons (Fsp3) is 0.882. The molecule has 1 spiro atoms. The van der Waals surface area contributed by atoms with Crippen LogP contribution in [0.5, 0.6) is 0 Å². The molecular formula is C17H29NO6. The predicted octanol–water partition coefficient (Wildman–Crippen LogP) is 2.12. The minimum Gasteiger partial charge on any atom is -0.444 e. The number of likely N-dealkylation sites (tertiary alicyclic amines) is 1. The van der Waals surface area contributed by atoms with Crippen LogP contribution in [0.2, 0.25) is 0 Å². The van der Waals surface area contributed by atoms with Crippen LogP contribution in [0, 0.1) is 0 Å². The second-order valence-electron chi connectivity index (χ2n) is 7.25. The molecule has 0 aromatic carbocycles. The van der Waals surface area contributed by atoms with Crippen molar-refractivity contribution in [1.82, 2.24) is 4.90 Å². The Labute approximate surface area is 143 Å². The van der Waals surface area contributed by atoms with Gasteiger partial charge in [0.1, 0.15) is 18.0 Å². The minimum absolute atomic E-state index is 0.228. The summed E-state index contributed by atoms with van der Waals surface area (Å²) >= 11 is 0. The topological polar surface area (TPSA) is 74.3 Å². The molecule has 2 rings (SSSR count). The summed E-state index contributed by atoms with van der Waals surface area (Å²) in [5, 5.41) is 0. The van der Waals surface area contributed by atoms with Gasteiger partial charge in [0.25, 0.3) is 0 Å². The molecule has 24 heavy (non-hydrogen) atoms. The Hall–Kier alpha value is -1.18. The van der Waals surface area contributed by atoms with E-state index in [1.807, 2.05) is 27.7 Å². The fourth-order valence-corrected chi connectivity index (χ4v) is 3.22. The minimum atomic E-state index is -0.650. The molecule has 7 nitrogen and oxygen atoms in total. The summed E-state index contributed by atoms with van der Waals surface area (Å²) in [6.45, 7) is 9.38. The number of carbonyl (C=O) groups is 2. The molecule has 0 N–H and O–H groups in total. The van der Waals surface area contributed by atoms with E-state index in [1.54, 1.807) is 4.90 Å². The Morgan fingerprint density at radius 2 is 2.04 bits per heavy atom. The molecule has 1 amide bonds. The number of hydrogen-bond donors (Lipinski definition) is 0. The summed E-state index contributed by atoms with van der Waals surface area (Å²) in [5.74, 6) is -0.650. The molecule has 0 aromatic rings. The van der Waals surface area contributed by atoms with E-state index >= 15 is 0 Å². The van der Waals surface area contributed by atoms with Crippen LogP contribution < -0.4 is 0 Å². The molecule has 2 fully saturated rings. The van der Waals surface area contributed by atoms with E-state index in [0.29, 0.717) is 45.6 Å². The average Bonchev–Trinajstić information content (AvgIpc) is 2.93. The van der Waals surface area contributed by atoms with Crippen molar-refractivity contribution in [3.05, 3.63) is 0 Å². The third-order valence-corrected chi connectivity index (χ3v) is 4.20. The van der Waals surface area contributed by atoms with Crippen molar-refractivity contribution in [2.24, 2.45) is 0 Å². The number of amides is 1. The van der Waals surface area contributed by atoms with Crippen LogP contribution in [0.1, 0.15) is 47.0 Å². The predicted molar refractivity (Wildman–Crippen MR) is 86.7 cm³/mol. The summed E-state index contributed by atoms with van der Waals surface area (Å²) < 4.78 is 22.5. The van der Waals surface area contributed by atoms with Gasteiger partial charge in [0.2, 0.25) is 0 Å². The molecule has 2 aliphatic rings. The van der Waals surface area contributed by atoms with E-state index in [-0.39, 0.29) is 12.1 Å². The van der Waals surface area contributed by atoms with Gasteiger partial charge in [-0.1, -0.05) is 0 Å². The number of rotatable bonds is 5. The third kappa shape index (κ3) is 4.91. The Morgan fingerprint density at radius 1 is 1.38 bits per heavy atom. The van der Waals surface area contributed by atoms with Crippen molar-refractivity contribution in [3.8, 4) is 0 Å². The molecule has 7 heteroatoms. The zero-order valence-electron chi connectivity index (χ0n) is 15.1. The lowest BCUT2D eigenvalue weighted by molar-refractivity contribution is -0.196. The van der Waals surface area contributed by atoms with Crippen molar-refractivity contribution in [2.45, 2.75) is 70.5 Å². The molecule has 138 valence electrons. The lowest BCUT2D eigenvalue weighted by atomic mass is 9.92. The lowest BCUT2D eigenvalue weighted by Gasteiger charge is -2.44. The first-order valence-electron chi connectivity index (χ1n) is 8.63. The number of piperidine rings is 1. The summed E-state index contributed by atoms with van der Waals surface area (Å²) in [7, 11) is 0. The summed E-state index contributed by atoms with van der Waals surface area (Å²) in [6, 6.07) is -0.228. The molecule has 0 bridgehead atoms. The van der Waals surface area contributed by atoms with Gasteiger partial charge in [0, 0.05) is 38.5 Å². The molecule has 2 heterocycles. The Bertz CT molecular complexity index is 441. The number of carbonyl (C=O) groups excluding carboxylic acids is 2. The molecule has 2 saturated heterocycles. The monoisotopic (exact) mass is 343 g/mol. The van der Waals surface area contributed by atoms with Crippen LogP contribution in [-0.2, 0) is 23.7 Å². The summed E-state index contributed by atoms with van der Waals surface area (Å²) in [6.07, 6.45) is 1.38. The number of nitrogens with zero attached hydrogens (tertiary/aromatic N) is 1. The quantitative estimate of drug-likeness (QED) is 0.712. The molecular weight excluding hydrogens is 314 g/mol. The first-order chi connectivity index (χ1) is 11.3. The van der Waals surface area contributed by atoms with E-state index < -0.39 is 17.5 Å². The van der Waals surface area contributed by atoms with E-state index in [0.717, 1.165) is 6.29 Å². The van der Waals surface area contributed by atoms with Crippen LogP contribution in [-0.4, -0.2) is 67.2 Å². The van der Waals surface area contributed by atoms with Crippen LogP contribution in [0.3, 0.4) is 0 Å². The van der Waals surface area contributed by atoms with Crippen LogP contribution in [0.4, 0.5) is 4.79 Å². The van der Waals surface area contributed by atoms with Gasteiger partial charge in [-0.3, -0.25) is 0 Å². The van der Waals surface area contributed by atoms with Crippen LogP contribution in [0.15, 0.2) is 0 Å². The van der Waals surface area contributed by atoms with Crippen molar-refractivity contribution < 1.29 is 28.5 Å². The highest BCUT2D eigenvalue weighted by molar-refractivity contribution is 5.69. The standard InChI is InChI=1S/C17H29NO6/c1-5-21-14(12-19)10-13-11-17(22-8-9-23-17)6-7-18(13)15(20)24-16(2,3)4/h12-14H,5-11H2,1-4H3. The molecule has 2 unspecified atom stereocenters. The smallest absolute Gasteiger partial charge is 0.410 e. The zero-order valence-corrected chi connectivity index (χ0v) is 15.1. The zero-order chi connectivity index (χ0) is 17.8. The van der Waals surface area contributed by atoms with Gasteiger partial charge in [-0.05, 0) is 27.7 Å². The van der Waals surface area contributed by atoms with E-state index in [9.17, 15) is 9.59 Å². The molecule has 0 saturated carbocycles. The van der Waals surface area contributed by atoms with E-state index in [4.69, 9.17) is 18.9 Å². The maximum atomic E-state index is 12.5. The van der Waals surface area contributed by atoms with Crippen LogP contribution >= 0.6 is 0 Å². The van der Waals surface area contributed by atoms with Gasteiger partial charge in [0.15, 0.2) is 5.79 Å². The Morgan fingerprint density at radius 3 is 2.58 bits per heavy atom. The number of aldehydes is 1. The van der Waals surface area contributed by atoms with Crippen molar-refractivity contribution in [3.63, 3.8) is 0 Å². The first kappa shape index (κ1) is 19.1. The van der Waals surface area contributed by atoms with Gasteiger partial charge in [-0.15, -0.1) is 0 Å². The largest absolute Gasteiger partial charge is 0.444 e. The molecule has 0 aliphatic carbocycles. The number of ether oxygens (including phenoxy) is 4. The Kier molecular flexibility index (Phi) is 6.22. The highest BCUT2D eigenvalue weighted by atomic mass is 16.7. The average molecular weight is 343 g/mol. The maximum Gasteiger partial charge on any atom is 0.410 e. The van der Waals surface area contributed by atoms with Crippen molar-refractivity contribution >= 4 is 12.4 Å². The number of hydrogen-bond acceptors (Lipinski definition) is 6.